The quantitative estimate of drug-likeness (QED) is 0.725. The van der Waals surface area contributed by atoms with Crippen molar-refractivity contribution in [1.82, 2.24) is 10.2 Å². The number of fused-ring (bicyclic) bond motifs is 1. The lowest BCUT2D eigenvalue weighted by molar-refractivity contribution is -0.126. The first kappa shape index (κ1) is 19.0. The van der Waals surface area contributed by atoms with Gasteiger partial charge in [-0.25, -0.2) is 0 Å². The van der Waals surface area contributed by atoms with Crippen molar-refractivity contribution in [3.8, 4) is 16.9 Å². The fourth-order valence-corrected chi connectivity index (χ4v) is 3.86. The topological polar surface area (TPSA) is 58.6 Å². The molecule has 0 aromatic heterocycles. The minimum atomic E-state index is -0.112. The molecule has 0 saturated carbocycles. The zero-order chi connectivity index (χ0) is 20.4. The van der Waals surface area contributed by atoms with E-state index in [1.165, 1.54) is 0 Å². The van der Waals surface area contributed by atoms with E-state index in [0.717, 1.165) is 34.2 Å². The fourth-order valence-electron chi connectivity index (χ4n) is 3.86. The molecule has 4 rings (SSSR count). The van der Waals surface area contributed by atoms with Crippen molar-refractivity contribution in [3.05, 3.63) is 66.2 Å². The molecule has 1 fully saturated rings. The molecule has 2 amide bonds. The van der Waals surface area contributed by atoms with Gasteiger partial charge in [-0.15, -0.1) is 0 Å². The number of nitrogens with one attached hydrogen (secondary N) is 1. The summed E-state index contributed by atoms with van der Waals surface area (Å²) in [5.74, 6) is 1.03. The first-order chi connectivity index (χ1) is 14.0. The van der Waals surface area contributed by atoms with Crippen LogP contribution in [0, 0.1) is 5.92 Å². The fraction of sp³-hybridized carbons (Fsp3) is 0.250. The number of hydrogen-bond donors (Lipinski definition) is 1. The number of likely N-dealkylation sites (tertiary alicyclic amines) is 1. The summed E-state index contributed by atoms with van der Waals surface area (Å²) in [4.78, 5) is 25.6. The lowest BCUT2D eigenvalue weighted by Gasteiger charge is -2.15. The van der Waals surface area contributed by atoms with Crippen molar-refractivity contribution in [2.24, 2.45) is 5.92 Å². The van der Waals surface area contributed by atoms with E-state index in [0.29, 0.717) is 18.6 Å². The summed E-state index contributed by atoms with van der Waals surface area (Å²) in [5.41, 5.74) is 2.60. The molecule has 5 nitrogen and oxygen atoms in total. The van der Waals surface area contributed by atoms with Crippen LogP contribution in [0.15, 0.2) is 60.7 Å². The molecule has 0 aliphatic carbocycles. The van der Waals surface area contributed by atoms with Crippen LogP contribution in [0.3, 0.4) is 0 Å². The van der Waals surface area contributed by atoms with Crippen molar-refractivity contribution in [1.29, 1.82) is 0 Å². The summed E-state index contributed by atoms with van der Waals surface area (Å²) in [6, 6.07) is 19.8. The van der Waals surface area contributed by atoms with E-state index in [2.05, 4.69) is 17.4 Å². The van der Waals surface area contributed by atoms with Crippen LogP contribution in [0.25, 0.3) is 21.9 Å². The van der Waals surface area contributed by atoms with Crippen LogP contribution in [0.2, 0.25) is 0 Å². The Hall–Kier alpha value is -3.34. The van der Waals surface area contributed by atoms with Crippen LogP contribution >= 0.6 is 0 Å². The highest BCUT2D eigenvalue weighted by Gasteiger charge is 2.27. The van der Waals surface area contributed by atoms with E-state index in [9.17, 15) is 9.59 Å². The van der Waals surface area contributed by atoms with Gasteiger partial charge in [0.1, 0.15) is 5.75 Å². The number of hydrogen-bond acceptors (Lipinski definition) is 3. The molecule has 1 saturated heterocycles. The van der Waals surface area contributed by atoms with Crippen LogP contribution in [-0.4, -0.2) is 44.0 Å². The lowest BCUT2D eigenvalue weighted by Crippen LogP contribution is -2.20. The summed E-state index contributed by atoms with van der Waals surface area (Å²) < 4.78 is 6.10. The maximum Gasteiger partial charge on any atom is 0.251 e. The third kappa shape index (κ3) is 3.94. The highest BCUT2D eigenvalue weighted by Crippen LogP contribution is 2.34. The molecule has 1 atom stereocenters. The predicted molar refractivity (Wildman–Crippen MR) is 114 cm³/mol. The summed E-state index contributed by atoms with van der Waals surface area (Å²) >= 11 is 0. The van der Waals surface area contributed by atoms with Gasteiger partial charge in [0.15, 0.2) is 0 Å². The largest absolute Gasteiger partial charge is 0.493 e. The van der Waals surface area contributed by atoms with Gasteiger partial charge in [-0.2, -0.15) is 0 Å². The molecule has 1 N–H and O–H groups in total. The second-order valence-corrected chi connectivity index (χ2v) is 7.51. The van der Waals surface area contributed by atoms with Gasteiger partial charge in [0, 0.05) is 38.5 Å². The Morgan fingerprint density at radius 1 is 1.14 bits per heavy atom. The zero-order valence-corrected chi connectivity index (χ0v) is 16.6. The molecule has 0 bridgehead atoms. The number of carbonyl (C=O) groups is 2. The van der Waals surface area contributed by atoms with Gasteiger partial charge in [0.05, 0.1) is 6.61 Å². The molecular weight excluding hydrogens is 364 g/mol. The molecule has 0 spiro atoms. The Labute approximate surface area is 170 Å². The van der Waals surface area contributed by atoms with E-state index in [1.54, 1.807) is 18.0 Å². The third-order valence-corrected chi connectivity index (χ3v) is 5.40. The van der Waals surface area contributed by atoms with Crippen molar-refractivity contribution in [2.75, 3.05) is 27.2 Å². The standard InChI is InChI=1S/C24H24N2O3/c1-25-24(28)19-8-5-7-17(11-19)22-13-20(12-18-6-3-4-9-21(18)22)29-15-16-10-23(27)26(2)14-16/h3-9,11-13,16H,10,14-15H2,1-2H3,(H,25,28). The lowest BCUT2D eigenvalue weighted by atomic mass is 9.96. The van der Waals surface area contributed by atoms with Gasteiger partial charge >= 0.3 is 0 Å². The maximum atomic E-state index is 12.1. The van der Waals surface area contributed by atoms with Gasteiger partial charge < -0.3 is 15.0 Å². The molecule has 3 aromatic rings. The summed E-state index contributed by atoms with van der Waals surface area (Å²) in [7, 11) is 3.46. The Balaban J connectivity index is 1.68. The normalized spacial score (nSPS) is 16.3. The van der Waals surface area contributed by atoms with E-state index < -0.39 is 0 Å². The zero-order valence-electron chi connectivity index (χ0n) is 16.6. The van der Waals surface area contributed by atoms with Crippen molar-refractivity contribution >= 4 is 22.6 Å². The Kier molecular flexibility index (Phi) is 5.21. The number of carbonyl (C=O) groups excluding carboxylic acids is 2. The average Bonchev–Trinajstić information content (AvgIpc) is 3.08. The van der Waals surface area contributed by atoms with E-state index in [-0.39, 0.29) is 17.7 Å². The Morgan fingerprint density at radius 3 is 2.72 bits per heavy atom. The molecule has 148 valence electrons. The van der Waals surface area contributed by atoms with E-state index in [1.807, 2.05) is 49.5 Å². The highest BCUT2D eigenvalue weighted by atomic mass is 16.5. The summed E-state index contributed by atoms with van der Waals surface area (Å²) in [6.45, 7) is 1.24. The molecular formula is C24H24N2O3. The Bertz CT molecular complexity index is 1080. The molecule has 5 heteroatoms. The molecule has 1 aliphatic rings. The second-order valence-electron chi connectivity index (χ2n) is 7.51. The summed E-state index contributed by atoms with van der Waals surface area (Å²) in [5, 5.41) is 4.85. The molecule has 29 heavy (non-hydrogen) atoms. The minimum Gasteiger partial charge on any atom is -0.493 e. The van der Waals surface area contributed by atoms with Crippen LogP contribution in [0.1, 0.15) is 16.8 Å². The van der Waals surface area contributed by atoms with Crippen LogP contribution in [0.4, 0.5) is 0 Å². The number of nitrogens with zero attached hydrogens (tertiary/aromatic N) is 1. The predicted octanol–water partition coefficient (Wildman–Crippen LogP) is 3.72. The molecule has 1 aliphatic heterocycles. The van der Waals surface area contributed by atoms with Crippen molar-refractivity contribution in [3.63, 3.8) is 0 Å². The third-order valence-electron chi connectivity index (χ3n) is 5.40. The van der Waals surface area contributed by atoms with Gasteiger partial charge in [0.25, 0.3) is 5.91 Å². The highest BCUT2D eigenvalue weighted by molar-refractivity contribution is 6.00. The molecule has 1 heterocycles. The van der Waals surface area contributed by atoms with E-state index >= 15 is 0 Å². The smallest absolute Gasteiger partial charge is 0.251 e. The van der Waals surface area contributed by atoms with Gasteiger partial charge in [0.2, 0.25) is 5.91 Å². The van der Waals surface area contributed by atoms with Gasteiger partial charge in [-0.05, 0) is 46.2 Å². The van der Waals surface area contributed by atoms with Crippen LogP contribution in [-0.2, 0) is 4.79 Å². The first-order valence-electron chi connectivity index (χ1n) is 9.77. The van der Waals surface area contributed by atoms with Gasteiger partial charge in [-0.3, -0.25) is 9.59 Å². The SMILES string of the molecule is CNC(=O)c1cccc(-c2cc(OCC3CC(=O)N(C)C3)cc3ccccc23)c1. The van der Waals surface area contributed by atoms with Crippen molar-refractivity contribution < 1.29 is 14.3 Å². The monoisotopic (exact) mass is 388 g/mol. The summed E-state index contributed by atoms with van der Waals surface area (Å²) in [6.07, 6.45) is 0.533. The molecule has 3 aromatic carbocycles. The van der Waals surface area contributed by atoms with Gasteiger partial charge in [-0.1, -0.05) is 36.4 Å². The van der Waals surface area contributed by atoms with Crippen molar-refractivity contribution in [2.45, 2.75) is 6.42 Å². The van der Waals surface area contributed by atoms with Crippen LogP contribution in [0.5, 0.6) is 5.75 Å². The minimum absolute atomic E-state index is 0.112. The van der Waals surface area contributed by atoms with Crippen LogP contribution < -0.4 is 10.1 Å². The maximum absolute atomic E-state index is 12.1. The number of ether oxygens (including phenoxy) is 1. The number of benzene rings is 3. The average molecular weight is 388 g/mol. The number of rotatable bonds is 5. The Morgan fingerprint density at radius 2 is 1.97 bits per heavy atom. The first-order valence-corrected chi connectivity index (χ1v) is 9.77. The molecule has 0 radical (unpaired) electrons. The van der Waals surface area contributed by atoms with E-state index in [4.69, 9.17) is 4.74 Å². The molecule has 1 unspecified atom stereocenters. The number of amides is 2. The second kappa shape index (κ2) is 7.95.